The molecule has 1 aliphatic heterocycles. The molecule has 114 valence electrons. The second-order valence-electron chi connectivity index (χ2n) is 6.71. The first-order valence-corrected chi connectivity index (χ1v) is 6.90. The van der Waals surface area contributed by atoms with Gasteiger partial charge in [0, 0.05) is 19.8 Å². The fourth-order valence-corrected chi connectivity index (χ4v) is 2.64. The number of hydrogen-bond donors (Lipinski definition) is 2. The van der Waals surface area contributed by atoms with E-state index in [9.17, 15) is 4.79 Å². The minimum atomic E-state index is -0.730. The second kappa shape index (κ2) is 7.46. The first-order chi connectivity index (χ1) is 8.25. The molecule has 19 heavy (non-hydrogen) atoms. The van der Waals surface area contributed by atoms with Gasteiger partial charge in [0.15, 0.2) is 0 Å². The molecule has 1 rings (SSSR count). The molecule has 0 aromatic carbocycles. The zero-order chi connectivity index (χ0) is 13.8. The van der Waals surface area contributed by atoms with Gasteiger partial charge in [-0.3, -0.25) is 4.79 Å². The molecule has 1 fully saturated rings. The predicted octanol–water partition coefficient (Wildman–Crippen LogP) is 2.10. The van der Waals surface area contributed by atoms with E-state index in [2.05, 4.69) is 33.0 Å². The summed E-state index contributed by atoms with van der Waals surface area (Å²) in [6, 6.07) is 0. The van der Waals surface area contributed by atoms with Crippen LogP contribution in [0.1, 0.15) is 47.0 Å². The number of nitrogens with two attached hydrogens (primary N) is 1. The Kier molecular flexibility index (Phi) is 7.33. The number of halogens is 1. The molecular formula is C14H29ClN2O2. The minimum absolute atomic E-state index is 0. The number of ether oxygens (including phenoxy) is 1. The number of carbonyl (C=O) groups is 1. The van der Waals surface area contributed by atoms with Gasteiger partial charge in [-0.2, -0.15) is 0 Å². The van der Waals surface area contributed by atoms with Crippen LogP contribution in [0.2, 0.25) is 0 Å². The first kappa shape index (κ1) is 18.7. The lowest BCUT2D eigenvalue weighted by Crippen LogP contribution is -2.57. The standard InChI is InChI=1S/C14H28N2O2.ClH/c1-11(2)9-13(3,4)10-16-12(17)14(15)5-7-18-8-6-14;/h11H,5-10,15H2,1-4H3,(H,16,17);1H. The summed E-state index contributed by atoms with van der Waals surface area (Å²) >= 11 is 0. The van der Waals surface area contributed by atoms with Crippen LogP contribution in [0.4, 0.5) is 0 Å². The summed E-state index contributed by atoms with van der Waals surface area (Å²) in [6.07, 6.45) is 2.32. The molecule has 0 spiro atoms. The molecule has 4 nitrogen and oxygen atoms in total. The third-order valence-electron chi connectivity index (χ3n) is 3.53. The number of carbonyl (C=O) groups excluding carboxylic acids is 1. The van der Waals surface area contributed by atoms with Crippen molar-refractivity contribution in [2.24, 2.45) is 17.1 Å². The largest absolute Gasteiger partial charge is 0.381 e. The Morgan fingerprint density at radius 2 is 1.89 bits per heavy atom. The molecule has 0 aromatic heterocycles. The van der Waals surface area contributed by atoms with E-state index < -0.39 is 5.54 Å². The van der Waals surface area contributed by atoms with E-state index in [-0.39, 0.29) is 23.7 Å². The Hall–Kier alpha value is -0.320. The zero-order valence-electron chi connectivity index (χ0n) is 12.6. The second-order valence-corrected chi connectivity index (χ2v) is 6.71. The molecule has 3 N–H and O–H groups in total. The Balaban J connectivity index is 0.00000324. The number of rotatable bonds is 5. The van der Waals surface area contributed by atoms with Crippen LogP contribution >= 0.6 is 12.4 Å². The van der Waals surface area contributed by atoms with E-state index in [0.29, 0.717) is 38.5 Å². The van der Waals surface area contributed by atoms with E-state index in [1.165, 1.54) is 0 Å². The van der Waals surface area contributed by atoms with Crippen LogP contribution in [0, 0.1) is 11.3 Å². The average Bonchev–Trinajstić information content (AvgIpc) is 2.25. The number of hydrogen-bond acceptors (Lipinski definition) is 3. The summed E-state index contributed by atoms with van der Waals surface area (Å²) < 4.78 is 5.25. The normalized spacial score (nSPS) is 18.8. The summed E-state index contributed by atoms with van der Waals surface area (Å²) in [7, 11) is 0. The SMILES string of the molecule is CC(C)CC(C)(C)CNC(=O)C1(N)CCOCC1.Cl. The molecular weight excluding hydrogens is 264 g/mol. The topological polar surface area (TPSA) is 64.4 Å². The minimum Gasteiger partial charge on any atom is -0.381 e. The summed E-state index contributed by atoms with van der Waals surface area (Å²) in [5, 5.41) is 3.02. The highest BCUT2D eigenvalue weighted by molar-refractivity contribution is 5.86. The molecule has 0 bridgehead atoms. The molecule has 0 radical (unpaired) electrons. The Labute approximate surface area is 123 Å². The molecule has 0 unspecified atom stereocenters. The van der Waals surface area contributed by atoms with E-state index in [4.69, 9.17) is 10.5 Å². The van der Waals surface area contributed by atoms with Crippen LogP contribution in [0.5, 0.6) is 0 Å². The van der Waals surface area contributed by atoms with E-state index in [1.807, 2.05) is 0 Å². The average molecular weight is 293 g/mol. The van der Waals surface area contributed by atoms with E-state index in [1.54, 1.807) is 0 Å². The van der Waals surface area contributed by atoms with Crippen LogP contribution in [0.3, 0.4) is 0 Å². The van der Waals surface area contributed by atoms with Gasteiger partial charge >= 0.3 is 0 Å². The Morgan fingerprint density at radius 1 is 1.37 bits per heavy atom. The third kappa shape index (κ3) is 6.11. The van der Waals surface area contributed by atoms with E-state index in [0.717, 1.165) is 6.42 Å². The fraction of sp³-hybridized carbons (Fsp3) is 0.929. The Morgan fingerprint density at radius 3 is 2.37 bits per heavy atom. The summed E-state index contributed by atoms with van der Waals surface area (Å²) in [5.74, 6) is 0.606. The molecule has 1 saturated heterocycles. The van der Waals surface area contributed by atoms with Crippen molar-refractivity contribution in [3.8, 4) is 0 Å². The lowest BCUT2D eigenvalue weighted by molar-refractivity contribution is -0.130. The van der Waals surface area contributed by atoms with E-state index >= 15 is 0 Å². The van der Waals surface area contributed by atoms with Crippen molar-refractivity contribution < 1.29 is 9.53 Å². The molecule has 1 aliphatic rings. The van der Waals surface area contributed by atoms with Crippen molar-refractivity contribution in [3.05, 3.63) is 0 Å². The lowest BCUT2D eigenvalue weighted by atomic mass is 9.83. The highest BCUT2D eigenvalue weighted by Gasteiger charge is 2.36. The monoisotopic (exact) mass is 292 g/mol. The van der Waals surface area contributed by atoms with Gasteiger partial charge in [-0.05, 0) is 30.6 Å². The van der Waals surface area contributed by atoms with Gasteiger partial charge in [-0.1, -0.05) is 27.7 Å². The first-order valence-electron chi connectivity index (χ1n) is 6.90. The molecule has 1 heterocycles. The zero-order valence-corrected chi connectivity index (χ0v) is 13.4. The fourth-order valence-electron chi connectivity index (χ4n) is 2.64. The van der Waals surface area contributed by atoms with Gasteiger partial charge < -0.3 is 15.8 Å². The quantitative estimate of drug-likeness (QED) is 0.816. The molecule has 1 amide bonds. The van der Waals surface area contributed by atoms with Crippen molar-refractivity contribution in [2.45, 2.75) is 52.5 Å². The van der Waals surface area contributed by atoms with Crippen LogP contribution in [-0.4, -0.2) is 31.2 Å². The lowest BCUT2D eigenvalue weighted by Gasteiger charge is -2.34. The number of nitrogens with one attached hydrogen (secondary N) is 1. The maximum atomic E-state index is 12.2. The molecule has 5 heteroatoms. The van der Waals surface area contributed by atoms with Crippen LogP contribution in [-0.2, 0) is 9.53 Å². The van der Waals surface area contributed by atoms with Crippen molar-refractivity contribution in [1.29, 1.82) is 0 Å². The summed E-state index contributed by atoms with van der Waals surface area (Å²) in [5.41, 5.74) is 5.53. The van der Waals surface area contributed by atoms with Crippen LogP contribution in [0.15, 0.2) is 0 Å². The maximum Gasteiger partial charge on any atom is 0.240 e. The van der Waals surface area contributed by atoms with Gasteiger partial charge in [0.1, 0.15) is 0 Å². The third-order valence-corrected chi connectivity index (χ3v) is 3.53. The van der Waals surface area contributed by atoms with Crippen molar-refractivity contribution in [3.63, 3.8) is 0 Å². The van der Waals surface area contributed by atoms with Crippen molar-refractivity contribution >= 4 is 18.3 Å². The van der Waals surface area contributed by atoms with Crippen LogP contribution in [0.25, 0.3) is 0 Å². The molecule has 0 atom stereocenters. The molecule has 0 aliphatic carbocycles. The van der Waals surface area contributed by atoms with Gasteiger partial charge in [0.25, 0.3) is 0 Å². The maximum absolute atomic E-state index is 12.2. The molecule has 0 saturated carbocycles. The van der Waals surface area contributed by atoms with Gasteiger partial charge in [-0.25, -0.2) is 0 Å². The van der Waals surface area contributed by atoms with Gasteiger partial charge in [0.05, 0.1) is 5.54 Å². The smallest absolute Gasteiger partial charge is 0.240 e. The predicted molar refractivity (Wildman–Crippen MR) is 80.5 cm³/mol. The highest BCUT2D eigenvalue weighted by atomic mass is 35.5. The highest BCUT2D eigenvalue weighted by Crippen LogP contribution is 2.25. The van der Waals surface area contributed by atoms with Crippen molar-refractivity contribution in [1.82, 2.24) is 5.32 Å². The summed E-state index contributed by atoms with van der Waals surface area (Å²) in [4.78, 5) is 12.2. The molecule has 0 aromatic rings. The Bertz CT molecular complexity index is 287. The van der Waals surface area contributed by atoms with Crippen LogP contribution < -0.4 is 11.1 Å². The van der Waals surface area contributed by atoms with Gasteiger partial charge in [0.2, 0.25) is 5.91 Å². The van der Waals surface area contributed by atoms with Gasteiger partial charge in [-0.15, -0.1) is 12.4 Å². The summed E-state index contributed by atoms with van der Waals surface area (Å²) in [6.45, 7) is 10.6. The van der Waals surface area contributed by atoms with Crippen molar-refractivity contribution in [2.75, 3.05) is 19.8 Å². The number of amides is 1.